The summed E-state index contributed by atoms with van der Waals surface area (Å²) in [6, 6.07) is 20.3. The Morgan fingerprint density at radius 3 is 2.44 bits per heavy atom. The molecule has 1 atom stereocenters. The highest BCUT2D eigenvalue weighted by atomic mass is 16.6. The number of hydrogen-bond donors (Lipinski definition) is 3. The van der Waals surface area contributed by atoms with Crippen molar-refractivity contribution in [3.63, 3.8) is 0 Å². The fraction of sp³-hybridized carbons (Fsp3) is 0.200. The number of aliphatic carboxylic acids is 1. The molecule has 9 heteroatoms. The summed E-state index contributed by atoms with van der Waals surface area (Å²) in [7, 11) is 0. The summed E-state index contributed by atoms with van der Waals surface area (Å²) in [5.74, 6) is 4.54. The van der Waals surface area contributed by atoms with Crippen molar-refractivity contribution >= 4 is 40.1 Å². The van der Waals surface area contributed by atoms with Crippen molar-refractivity contribution in [2.24, 2.45) is 5.41 Å². The van der Waals surface area contributed by atoms with Gasteiger partial charge in [-0.2, -0.15) is 0 Å². The Morgan fingerprint density at radius 2 is 1.72 bits per heavy atom. The van der Waals surface area contributed by atoms with Crippen LogP contribution in [-0.2, 0) is 14.3 Å². The van der Waals surface area contributed by atoms with Gasteiger partial charge in [0.25, 0.3) is 0 Å². The van der Waals surface area contributed by atoms with Crippen LogP contribution in [0.25, 0.3) is 10.8 Å². The van der Waals surface area contributed by atoms with Gasteiger partial charge in [-0.25, -0.2) is 4.79 Å². The molecule has 1 heterocycles. The van der Waals surface area contributed by atoms with E-state index in [0.717, 1.165) is 16.3 Å². The Labute approximate surface area is 224 Å². The minimum absolute atomic E-state index is 0.197. The van der Waals surface area contributed by atoms with Gasteiger partial charge >= 0.3 is 12.1 Å². The normalized spacial score (nSPS) is 14.0. The lowest BCUT2D eigenvalue weighted by Crippen LogP contribution is -2.31. The predicted molar refractivity (Wildman–Crippen MR) is 144 cm³/mol. The number of anilines is 2. The van der Waals surface area contributed by atoms with Crippen LogP contribution in [0.2, 0.25) is 0 Å². The lowest BCUT2D eigenvalue weighted by molar-refractivity contribution is -0.147. The summed E-state index contributed by atoms with van der Waals surface area (Å²) in [6.07, 6.45) is -0.399. The van der Waals surface area contributed by atoms with E-state index in [1.807, 2.05) is 54.6 Å². The number of carbonyl (C=O) groups excluding carboxylic acids is 2. The van der Waals surface area contributed by atoms with Crippen LogP contribution < -0.4 is 10.6 Å². The zero-order chi connectivity index (χ0) is 27.6. The molecule has 9 nitrogen and oxygen atoms in total. The number of ether oxygens (including phenoxy) is 1. The van der Waals surface area contributed by atoms with Crippen LogP contribution in [-0.4, -0.2) is 28.2 Å². The van der Waals surface area contributed by atoms with E-state index < -0.39 is 29.5 Å². The lowest BCUT2D eigenvalue weighted by atomic mass is 10.0. The van der Waals surface area contributed by atoms with Crippen LogP contribution in [0, 0.1) is 24.2 Å². The van der Waals surface area contributed by atoms with E-state index in [4.69, 9.17) is 9.26 Å². The van der Waals surface area contributed by atoms with Gasteiger partial charge in [0.1, 0.15) is 22.9 Å². The third kappa shape index (κ3) is 5.45. The number of rotatable bonds is 6. The molecule has 0 saturated heterocycles. The van der Waals surface area contributed by atoms with Gasteiger partial charge in [0.2, 0.25) is 11.7 Å². The van der Waals surface area contributed by atoms with E-state index >= 15 is 0 Å². The van der Waals surface area contributed by atoms with Crippen LogP contribution >= 0.6 is 0 Å². The monoisotopic (exact) mass is 523 g/mol. The van der Waals surface area contributed by atoms with Crippen molar-refractivity contribution in [2.45, 2.75) is 32.8 Å². The van der Waals surface area contributed by atoms with Crippen molar-refractivity contribution in [3.05, 3.63) is 89.3 Å². The molecule has 1 unspecified atom stereocenters. The second-order valence-electron chi connectivity index (χ2n) is 9.42. The number of amides is 2. The molecule has 0 radical (unpaired) electrons. The highest BCUT2D eigenvalue weighted by Crippen LogP contribution is 2.46. The number of aromatic nitrogens is 1. The van der Waals surface area contributed by atoms with E-state index in [2.05, 4.69) is 27.6 Å². The van der Waals surface area contributed by atoms with Crippen LogP contribution in [0.3, 0.4) is 0 Å². The zero-order valence-corrected chi connectivity index (χ0v) is 21.3. The largest absolute Gasteiger partial charge is 0.480 e. The molecule has 0 spiro atoms. The summed E-state index contributed by atoms with van der Waals surface area (Å²) in [5.41, 5.74) is 1.59. The Bertz CT molecular complexity index is 1640. The number of aryl methyl sites for hydroxylation is 1. The van der Waals surface area contributed by atoms with Gasteiger partial charge in [0.15, 0.2) is 0 Å². The molecule has 39 heavy (non-hydrogen) atoms. The molecule has 5 rings (SSSR count). The maximum absolute atomic E-state index is 12.5. The van der Waals surface area contributed by atoms with Gasteiger partial charge in [0, 0.05) is 11.3 Å². The smallest absolute Gasteiger partial charge is 0.412 e. The van der Waals surface area contributed by atoms with Crippen molar-refractivity contribution in [3.8, 4) is 11.8 Å². The molecule has 1 saturated carbocycles. The molecule has 3 aromatic carbocycles. The molecule has 196 valence electrons. The summed E-state index contributed by atoms with van der Waals surface area (Å²) >= 11 is 0. The predicted octanol–water partition coefficient (Wildman–Crippen LogP) is 5.65. The Balaban J connectivity index is 1.28. The number of nitrogens with zero attached hydrogens (tertiary/aromatic N) is 1. The van der Waals surface area contributed by atoms with Gasteiger partial charge in [-0.15, -0.1) is 0 Å². The van der Waals surface area contributed by atoms with E-state index in [0.29, 0.717) is 35.5 Å². The average Bonchev–Trinajstić information content (AvgIpc) is 3.68. The molecule has 2 amide bonds. The number of hydrogen-bond acceptors (Lipinski definition) is 6. The van der Waals surface area contributed by atoms with E-state index in [1.54, 1.807) is 26.0 Å². The molecule has 1 fully saturated rings. The molecule has 0 aliphatic heterocycles. The number of carboxylic acids is 1. The van der Waals surface area contributed by atoms with Gasteiger partial charge in [-0.3, -0.25) is 14.9 Å². The van der Waals surface area contributed by atoms with Crippen molar-refractivity contribution < 1.29 is 28.8 Å². The molecule has 1 aliphatic carbocycles. The lowest BCUT2D eigenvalue weighted by Gasteiger charge is -2.13. The van der Waals surface area contributed by atoms with Crippen molar-refractivity contribution in [2.75, 3.05) is 10.6 Å². The highest BCUT2D eigenvalue weighted by Gasteiger charge is 2.57. The second kappa shape index (κ2) is 10.3. The van der Waals surface area contributed by atoms with Crippen molar-refractivity contribution in [1.29, 1.82) is 0 Å². The fourth-order valence-corrected chi connectivity index (χ4v) is 4.13. The Morgan fingerprint density at radius 1 is 1.00 bits per heavy atom. The van der Waals surface area contributed by atoms with Gasteiger partial charge < -0.3 is 19.7 Å². The number of benzene rings is 3. The first-order valence-electron chi connectivity index (χ1n) is 12.3. The zero-order valence-electron chi connectivity index (χ0n) is 21.3. The van der Waals surface area contributed by atoms with Crippen molar-refractivity contribution in [1.82, 2.24) is 5.16 Å². The number of carboxylic acid groups (broad SMARTS) is 1. The Kier molecular flexibility index (Phi) is 6.77. The standard InChI is InChI=1S/C30H25N3O6/c1-18-26(32-29(37)38-19(2)21-6-4-3-5-7-21)25(39-33-18)13-9-20-8-10-23-17-24(12-11-22(23)16-20)31-27(34)30(14-15-30)28(35)36/h3-8,10-12,16-17,19H,14-15H2,1-2H3,(H,31,34)(H,32,37)(H,35,36). The van der Waals surface area contributed by atoms with Gasteiger partial charge in [-0.1, -0.05) is 53.5 Å². The molecule has 4 aromatic rings. The molecular formula is C30H25N3O6. The van der Waals surface area contributed by atoms with E-state index in [9.17, 15) is 19.5 Å². The summed E-state index contributed by atoms with van der Waals surface area (Å²) in [5, 5.41) is 20.4. The first-order chi connectivity index (χ1) is 18.7. The molecule has 1 aliphatic rings. The fourth-order valence-electron chi connectivity index (χ4n) is 4.13. The molecular weight excluding hydrogens is 498 g/mol. The minimum Gasteiger partial charge on any atom is -0.480 e. The molecule has 3 N–H and O–H groups in total. The summed E-state index contributed by atoms with van der Waals surface area (Å²) in [4.78, 5) is 36.3. The quantitative estimate of drug-likeness (QED) is 0.220. The highest BCUT2D eigenvalue weighted by molar-refractivity contribution is 6.11. The number of nitrogens with one attached hydrogen (secondary N) is 2. The second-order valence-corrected chi connectivity index (χ2v) is 9.42. The number of fused-ring (bicyclic) bond motifs is 1. The molecule has 0 bridgehead atoms. The number of carbonyl (C=O) groups is 3. The summed E-state index contributed by atoms with van der Waals surface area (Å²) in [6.45, 7) is 3.48. The third-order valence-electron chi connectivity index (χ3n) is 6.66. The first-order valence-corrected chi connectivity index (χ1v) is 12.3. The SMILES string of the molecule is Cc1noc(C#Cc2ccc3cc(NC(=O)C4(C(=O)O)CC4)ccc3c2)c1NC(=O)OC(C)c1ccccc1. The van der Waals surface area contributed by atoms with Crippen LogP contribution in [0.1, 0.15) is 48.5 Å². The first kappa shape index (κ1) is 25.5. The Hall–Kier alpha value is -5.10. The maximum Gasteiger partial charge on any atom is 0.412 e. The summed E-state index contributed by atoms with van der Waals surface area (Å²) < 4.78 is 10.8. The van der Waals surface area contributed by atoms with E-state index in [1.165, 1.54) is 0 Å². The van der Waals surface area contributed by atoms with Crippen LogP contribution in [0.15, 0.2) is 71.3 Å². The third-order valence-corrected chi connectivity index (χ3v) is 6.66. The maximum atomic E-state index is 12.5. The van der Waals surface area contributed by atoms with Crippen LogP contribution in [0.5, 0.6) is 0 Å². The van der Waals surface area contributed by atoms with Gasteiger partial charge in [-0.05, 0) is 73.2 Å². The molecule has 1 aromatic heterocycles. The van der Waals surface area contributed by atoms with E-state index in [-0.39, 0.29) is 5.76 Å². The van der Waals surface area contributed by atoms with Gasteiger partial charge in [0.05, 0.1) is 0 Å². The van der Waals surface area contributed by atoms with Crippen LogP contribution in [0.4, 0.5) is 16.2 Å². The average molecular weight is 524 g/mol. The topological polar surface area (TPSA) is 131 Å². The minimum atomic E-state index is -1.31.